The van der Waals surface area contributed by atoms with Crippen LogP contribution in [0, 0.1) is 46.9 Å². The maximum Gasteiger partial charge on any atom is 0.338 e. The van der Waals surface area contributed by atoms with Crippen LogP contribution in [0.15, 0.2) is 202 Å². The van der Waals surface area contributed by atoms with Gasteiger partial charge in [-0.2, -0.15) is 0 Å². The molecule has 0 amide bonds. The number of carbonyl (C=O) groups excluding carboxylic acids is 4. The van der Waals surface area contributed by atoms with Crippen molar-refractivity contribution in [2.45, 2.75) is 142 Å². The molecule has 13 atom stereocenters. The van der Waals surface area contributed by atoms with Crippen molar-refractivity contribution in [1.82, 2.24) is 60.8 Å². The van der Waals surface area contributed by atoms with Gasteiger partial charge in [0.05, 0.1) is 112 Å². The van der Waals surface area contributed by atoms with Gasteiger partial charge in [0, 0.05) is 177 Å². The molecule has 4 aromatic heterocycles. The lowest BCUT2D eigenvalue weighted by Gasteiger charge is -2.43. The highest BCUT2D eigenvalue weighted by atomic mass is 79.9. The van der Waals surface area contributed by atoms with Gasteiger partial charge in [0.15, 0.2) is 43.4 Å². The van der Waals surface area contributed by atoms with Crippen LogP contribution in [0.4, 0.5) is 17.6 Å². The van der Waals surface area contributed by atoms with E-state index in [1.165, 1.54) is 93.9 Å². The zero-order valence-electron chi connectivity index (χ0n) is 82.7. The average Bonchev–Trinajstić information content (AvgIpc) is 1.56. The third-order valence-corrected chi connectivity index (χ3v) is 31.2. The van der Waals surface area contributed by atoms with Gasteiger partial charge < -0.3 is 79.6 Å². The summed E-state index contributed by atoms with van der Waals surface area (Å²) in [6.45, 7) is 23.4. The summed E-state index contributed by atoms with van der Waals surface area (Å²) in [5.41, 5.74) is 6.03. The first-order chi connectivity index (χ1) is 71.5. The van der Waals surface area contributed by atoms with E-state index in [-0.39, 0.29) is 81.4 Å². The second kappa shape index (κ2) is 55.0. The number of hydrogen-bond donors (Lipinski definition) is 8. The maximum atomic E-state index is 14.0. The van der Waals surface area contributed by atoms with Crippen molar-refractivity contribution in [3.63, 3.8) is 0 Å². The molecule has 8 aromatic rings. The summed E-state index contributed by atoms with van der Waals surface area (Å²) < 4.78 is 102. The van der Waals surface area contributed by atoms with Crippen molar-refractivity contribution in [3.05, 3.63) is 248 Å². The molecule has 8 N–H and O–H groups in total. The molecule has 0 aliphatic carbocycles. The number of carboxylic acids is 4. The quantitative estimate of drug-likeness (QED) is 0.0103. The topological polar surface area (TPSA) is 453 Å². The summed E-state index contributed by atoms with van der Waals surface area (Å²) in [6.07, 6.45) is 7.01. The number of aromatic nitrogens is 4. The number of ether oxygens (including phenoxy) is 8. The smallest absolute Gasteiger partial charge is 0.338 e. The van der Waals surface area contributed by atoms with Crippen LogP contribution < -0.4 is 21.3 Å². The fourth-order valence-electron chi connectivity index (χ4n) is 18.4. The minimum atomic E-state index is -0.878. The molecule has 0 bridgehead atoms. The number of hydrogen-bond acceptors (Lipinski definition) is 36. The van der Waals surface area contributed by atoms with E-state index in [2.05, 4.69) is 125 Å². The summed E-state index contributed by atoms with van der Waals surface area (Å²) in [7, 11) is 0. The number of aliphatic carboxylic acids is 4. The molecule has 149 heavy (non-hydrogen) atoms. The lowest BCUT2D eigenvalue weighted by Crippen LogP contribution is -2.55. The molecule has 4 fully saturated rings. The predicted molar refractivity (Wildman–Crippen MR) is 564 cm³/mol. The molecule has 48 heteroatoms. The number of amidine groups is 4. The highest BCUT2D eigenvalue weighted by Gasteiger charge is 2.45. The molecule has 4 saturated heterocycles. The lowest BCUT2D eigenvalue weighted by atomic mass is 9.90. The number of esters is 4. The molecule has 16 rings (SSSR count). The van der Waals surface area contributed by atoms with Crippen molar-refractivity contribution < 1.29 is 114 Å². The Labute approximate surface area is 907 Å². The highest BCUT2D eigenvalue weighted by molar-refractivity contribution is 9.11. The number of halogens is 8. The molecular weight excluding hydrogens is 2280 g/mol. The number of benzene rings is 4. The van der Waals surface area contributed by atoms with Crippen LogP contribution in [-0.2, 0) is 76.3 Å². The Balaban J connectivity index is 0.000000166. The Morgan fingerprint density at radius 3 is 1.11 bits per heavy atom. The molecule has 798 valence electrons. The van der Waals surface area contributed by atoms with E-state index in [1.807, 2.05) is 42.3 Å². The Hall–Kier alpha value is -10.7. The van der Waals surface area contributed by atoms with Gasteiger partial charge in [0.25, 0.3) is 0 Å². The SMILES string of the molecule is CCOC(=O)C1=C(CN2CCOC[C@H]2C(C)CC(=O)O)NC(c2nccs2)=N[C@H]1c1ccc(F)cc1Br.CCOC(=O)C1=C(CN2CCOC[C@H]2CC(C)C(=O)O)NC(c2nccs2)=N[C@H]1c1ccc(F)cc1Br.CCOC(=O)C1=C(CN2CCO[C@H](C)[C@H]2C(C)CC(=O)O)NC(c2nccs2)=N[C@H]1c1ccc(F)cc1Br.CCOC(=O)C1=C(CN2CCO[C@H](CC(C)C(=O)O)C2)NC(c2nccs2)=N[C@H]1c1ccc(F)cc1Br. The van der Waals surface area contributed by atoms with Crippen molar-refractivity contribution >= 4 is 180 Å². The van der Waals surface area contributed by atoms with Gasteiger partial charge in [-0.1, -0.05) is 116 Å². The van der Waals surface area contributed by atoms with E-state index in [0.29, 0.717) is 240 Å². The fraction of sp³-hybridized carbons (Fsp3) is 0.446. The highest BCUT2D eigenvalue weighted by Crippen LogP contribution is 2.44. The third kappa shape index (κ3) is 30.5. The maximum absolute atomic E-state index is 14.0. The van der Waals surface area contributed by atoms with E-state index in [4.69, 9.17) is 57.9 Å². The fourth-order valence-corrected chi connectivity index (χ4v) is 23.0. The third-order valence-electron chi connectivity index (χ3n) is 25.4. The zero-order chi connectivity index (χ0) is 107. The van der Waals surface area contributed by atoms with Crippen LogP contribution in [0.25, 0.3) is 0 Å². The van der Waals surface area contributed by atoms with E-state index < -0.39 is 107 Å². The van der Waals surface area contributed by atoms with E-state index >= 15 is 0 Å². The molecule has 36 nitrogen and oxygen atoms in total. The number of nitrogens with zero attached hydrogens (tertiary/aromatic N) is 12. The second-order valence-corrected chi connectivity index (χ2v) is 42.7. The molecule has 8 aliphatic rings. The van der Waals surface area contributed by atoms with Gasteiger partial charge >= 0.3 is 47.8 Å². The van der Waals surface area contributed by atoms with Gasteiger partial charge in [-0.05, 0) is 130 Å². The Kier molecular flexibility index (Phi) is 42.6. The molecule has 4 aromatic carbocycles. The number of rotatable bonds is 36. The summed E-state index contributed by atoms with van der Waals surface area (Å²) in [5.74, 6) is -6.76. The van der Waals surface area contributed by atoms with E-state index in [9.17, 15) is 76.3 Å². The molecule has 12 heterocycles. The van der Waals surface area contributed by atoms with Gasteiger partial charge in [-0.3, -0.25) is 58.7 Å². The van der Waals surface area contributed by atoms with E-state index in [0.717, 1.165) is 0 Å². The van der Waals surface area contributed by atoms with Gasteiger partial charge in [-0.15, -0.1) is 45.3 Å². The minimum absolute atomic E-state index is 0.00128. The summed E-state index contributed by atoms with van der Waals surface area (Å²) in [6, 6.07) is 13.5. The Morgan fingerprint density at radius 2 is 0.758 bits per heavy atom. The van der Waals surface area contributed by atoms with Crippen LogP contribution in [0.5, 0.6) is 0 Å². The standard InChI is InChI=1S/C26H30BrFN4O5S.3C25H28BrFN4O5S/c1-4-36-26(35)21-19(13-32-8-9-37-15(3)23(32)14(2)11-20(33)34)30-24(25-29-7-10-38-25)31-22(21)17-6-5-16(28)12-18(17)27;1-3-36-25(34)20-19(12-31-7-8-35-13-16(31)10-14(2)24(32)33)29-22(23-28-6-9-37-23)30-21(20)17-5-4-15(27)11-18(17)26;1-3-35-25(34)20-19(13-31-7-8-36-16(12-31)10-14(2)24(32)33)29-22(23-28-6-9-37-23)30-21(20)17-5-4-15(27)11-18(17)26;1-3-36-25(34)21-18(12-31-7-8-35-13-19(31)14(2)10-20(32)33)29-23(24-28-6-9-37-24)30-22(21)16-5-4-15(27)11-17(16)26/h5-7,10,12,14-15,22-23H,4,8-9,11,13H2,1-3H3,(H,30,31)(H,33,34);2*4-6,9,11,14,16,21H,3,7-8,10,12-13H2,1-2H3,(H,29,30)(H,32,33);4-6,9,11,14,19,22H,3,7-8,10,12-13H2,1-2H3,(H,29,30)(H,32,33)/t14?,15-,22+,23-;2*14?,16-,21+;14?,19-,22-/m1110/s1. The first kappa shape index (κ1) is 115. The first-order valence-corrected chi connectivity index (χ1v) is 54.8. The monoisotopic (exact) mass is 2390 g/mol. The largest absolute Gasteiger partial charge is 0.481 e. The van der Waals surface area contributed by atoms with Crippen molar-refractivity contribution in [2.75, 3.05) is 125 Å². The minimum Gasteiger partial charge on any atom is -0.481 e. The number of carbonyl (C=O) groups is 8. The van der Waals surface area contributed by atoms with Crippen LogP contribution in [0.3, 0.4) is 0 Å². The summed E-state index contributed by atoms with van der Waals surface area (Å²) in [4.78, 5) is 145. The Morgan fingerprint density at radius 1 is 0.430 bits per heavy atom. The van der Waals surface area contributed by atoms with Crippen LogP contribution in [0.1, 0.15) is 154 Å². The predicted octanol–water partition coefficient (Wildman–Crippen LogP) is 15.4. The van der Waals surface area contributed by atoms with E-state index in [1.54, 1.807) is 90.6 Å². The summed E-state index contributed by atoms with van der Waals surface area (Å²) in [5, 5.41) is 60.7. The van der Waals surface area contributed by atoms with Crippen molar-refractivity contribution in [3.8, 4) is 0 Å². The molecule has 4 unspecified atom stereocenters. The van der Waals surface area contributed by atoms with Crippen molar-refractivity contribution in [1.29, 1.82) is 0 Å². The number of thiazole rings is 4. The number of carboxylic acid groups (broad SMARTS) is 4. The molecule has 0 spiro atoms. The average molecular weight is 2400 g/mol. The number of aliphatic imine (C=N–C) groups is 4. The molecule has 8 aliphatic heterocycles. The first-order valence-electron chi connectivity index (χ1n) is 48.1. The normalized spacial score (nSPS) is 21.7. The number of morpholine rings is 4. The van der Waals surface area contributed by atoms with Crippen LogP contribution in [-0.4, -0.2) is 286 Å². The van der Waals surface area contributed by atoms with Crippen LogP contribution in [0.2, 0.25) is 0 Å². The van der Waals surface area contributed by atoms with Crippen LogP contribution >= 0.6 is 109 Å². The second-order valence-electron chi connectivity index (χ2n) is 35.7. The number of nitrogens with one attached hydrogen (secondary N) is 4. The van der Waals surface area contributed by atoms with Gasteiger partial charge in [0.1, 0.15) is 47.4 Å². The van der Waals surface area contributed by atoms with Crippen molar-refractivity contribution in [2.24, 2.45) is 43.6 Å². The molecule has 0 saturated carbocycles. The molecule has 0 radical (unpaired) electrons. The van der Waals surface area contributed by atoms with Gasteiger partial charge in [-0.25, -0.2) is 56.7 Å². The molecular formula is C101H114Br4F4N16O20S4. The zero-order valence-corrected chi connectivity index (χ0v) is 92.3. The van der Waals surface area contributed by atoms with Gasteiger partial charge in [0.2, 0.25) is 0 Å². The summed E-state index contributed by atoms with van der Waals surface area (Å²) >= 11 is 19.4. The Bertz CT molecular complexity index is 6350. The lowest BCUT2D eigenvalue weighted by molar-refractivity contribution is -0.144.